The maximum Gasteiger partial charge on any atom is 0.106 e. The smallest absolute Gasteiger partial charge is 0.106 e. The summed E-state index contributed by atoms with van der Waals surface area (Å²) in [7, 11) is 0. The molecular formula is C12H24N2. The highest BCUT2D eigenvalue weighted by Gasteiger charge is 2.32. The van der Waals surface area contributed by atoms with Gasteiger partial charge in [0.25, 0.3) is 0 Å². The lowest BCUT2D eigenvalue weighted by atomic mass is 9.82. The minimum Gasteiger partial charge on any atom is -0.335 e. The summed E-state index contributed by atoms with van der Waals surface area (Å²) in [5, 5.41) is 7.94. The molecule has 0 aromatic heterocycles. The van der Waals surface area contributed by atoms with Gasteiger partial charge in [0.05, 0.1) is 0 Å². The molecule has 1 rings (SSSR count). The number of allylic oxidation sites excluding steroid dienone is 1. The van der Waals surface area contributed by atoms with Crippen LogP contribution >= 0.6 is 0 Å². The molecule has 14 heavy (non-hydrogen) atoms. The number of likely N-dealkylation sites (tertiary alicyclic amines) is 1. The fourth-order valence-electron chi connectivity index (χ4n) is 1.66. The van der Waals surface area contributed by atoms with Gasteiger partial charge >= 0.3 is 0 Å². The third-order valence-electron chi connectivity index (χ3n) is 2.56. The van der Waals surface area contributed by atoms with Gasteiger partial charge in [-0.25, -0.2) is 0 Å². The molecule has 1 aliphatic heterocycles. The second-order valence-corrected chi connectivity index (χ2v) is 4.22. The molecular weight excluding hydrogens is 172 g/mol. The van der Waals surface area contributed by atoms with Crippen molar-refractivity contribution in [3.63, 3.8) is 0 Å². The zero-order chi connectivity index (χ0) is 11.4. The Hall–Kier alpha value is -0.790. The molecule has 1 saturated heterocycles. The Labute approximate surface area is 88.5 Å². The van der Waals surface area contributed by atoms with E-state index in [2.05, 4.69) is 20.4 Å². The summed E-state index contributed by atoms with van der Waals surface area (Å²) < 4.78 is 0. The fourth-order valence-corrected chi connectivity index (χ4v) is 1.66. The molecule has 1 N–H and O–H groups in total. The third kappa shape index (κ3) is 2.86. The Morgan fingerprint density at radius 1 is 1.43 bits per heavy atom. The molecule has 1 heterocycles. The summed E-state index contributed by atoms with van der Waals surface area (Å²) in [5.41, 5.74) is 1.03. The SMILES string of the molecule is C=C(C)N1CCCC(C)(C)C1=N.CC. The second-order valence-electron chi connectivity index (χ2n) is 4.22. The van der Waals surface area contributed by atoms with E-state index in [1.165, 1.54) is 6.42 Å². The first kappa shape index (κ1) is 13.2. The van der Waals surface area contributed by atoms with Crippen LogP contribution in [0.3, 0.4) is 0 Å². The maximum atomic E-state index is 7.94. The van der Waals surface area contributed by atoms with E-state index in [4.69, 9.17) is 5.41 Å². The lowest BCUT2D eigenvalue weighted by Gasteiger charge is -2.40. The van der Waals surface area contributed by atoms with Crippen molar-refractivity contribution in [2.45, 2.75) is 47.5 Å². The summed E-state index contributed by atoms with van der Waals surface area (Å²) in [6.07, 6.45) is 2.29. The van der Waals surface area contributed by atoms with E-state index in [1.807, 2.05) is 25.7 Å². The van der Waals surface area contributed by atoms with Crippen LogP contribution in [0.4, 0.5) is 0 Å². The van der Waals surface area contributed by atoms with E-state index in [1.54, 1.807) is 0 Å². The molecule has 0 spiro atoms. The monoisotopic (exact) mass is 196 g/mol. The van der Waals surface area contributed by atoms with Crippen LogP contribution in [0.1, 0.15) is 47.5 Å². The third-order valence-corrected chi connectivity index (χ3v) is 2.56. The quantitative estimate of drug-likeness (QED) is 0.681. The number of piperidine rings is 1. The van der Waals surface area contributed by atoms with Gasteiger partial charge in [-0.15, -0.1) is 0 Å². The van der Waals surface area contributed by atoms with Crippen LogP contribution in [0.15, 0.2) is 12.3 Å². The molecule has 0 amide bonds. The van der Waals surface area contributed by atoms with Crippen molar-refractivity contribution >= 4 is 5.84 Å². The number of hydrogen-bond donors (Lipinski definition) is 1. The highest BCUT2D eigenvalue weighted by atomic mass is 15.2. The van der Waals surface area contributed by atoms with Gasteiger partial charge in [0.2, 0.25) is 0 Å². The molecule has 0 atom stereocenters. The molecule has 0 unspecified atom stereocenters. The molecule has 0 aromatic rings. The van der Waals surface area contributed by atoms with E-state index in [9.17, 15) is 0 Å². The topological polar surface area (TPSA) is 27.1 Å². The van der Waals surface area contributed by atoms with Gasteiger partial charge in [0.15, 0.2) is 0 Å². The van der Waals surface area contributed by atoms with Gasteiger partial charge in [-0.05, 0) is 19.8 Å². The summed E-state index contributed by atoms with van der Waals surface area (Å²) in [5.74, 6) is 0.723. The zero-order valence-electron chi connectivity index (χ0n) is 10.3. The Morgan fingerprint density at radius 3 is 2.29 bits per heavy atom. The van der Waals surface area contributed by atoms with E-state index < -0.39 is 0 Å². The van der Waals surface area contributed by atoms with Crippen LogP contribution in [0.2, 0.25) is 0 Å². The van der Waals surface area contributed by atoms with Crippen LogP contribution in [0, 0.1) is 10.8 Å². The summed E-state index contributed by atoms with van der Waals surface area (Å²) in [6, 6.07) is 0. The Kier molecular flexibility index (Phi) is 4.89. The summed E-state index contributed by atoms with van der Waals surface area (Å²) >= 11 is 0. The van der Waals surface area contributed by atoms with Gasteiger partial charge < -0.3 is 4.90 Å². The van der Waals surface area contributed by atoms with E-state index in [-0.39, 0.29) is 5.41 Å². The molecule has 0 aliphatic carbocycles. The van der Waals surface area contributed by atoms with E-state index in [0.29, 0.717) is 0 Å². The van der Waals surface area contributed by atoms with Gasteiger partial charge in [0, 0.05) is 17.7 Å². The standard InChI is InChI=1S/C10H18N2.C2H6/c1-8(2)12-7-5-6-10(3,4)9(12)11;1-2/h11H,1,5-7H2,2-4H3;1-2H3. The summed E-state index contributed by atoms with van der Waals surface area (Å²) in [4.78, 5) is 2.02. The first-order valence-corrected chi connectivity index (χ1v) is 5.47. The number of amidine groups is 1. The average Bonchev–Trinajstić information content (AvgIpc) is 2.12. The molecule has 0 radical (unpaired) electrons. The zero-order valence-corrected chi connectivity index (χ0v) is 10.3. The number of nitrogens with zero attached hydrogens (tertiary/aromatic N) is 1. The first-order chi connectivity index (χ1) is 6.45. The van der Waals surface area contributed by atoms with Gasteiger partial charge in [-0.1, -0.05) is 34.3 Å². The fraction of sp³-hybridized carbons (Fsp3) is 0.750. The van der Waals surface area contributed by atoms with Gasteiger partial charge in [0.1, 0.15) is 5.84 Å². The Balaban J connectivity index is 0.000000791. The van der Waals surface area contributed by atoms with Gasteiger partial charge in [-0.2, -0.15) is 0 Å². The van der Waals surface area contributed by atoms with Crippen LogP contribution in [-0.4, -0.2) is 17.3 Å². The van der Waals surface area contributed by atoms with Crippen molar-refractivity contribution in [2.24, 2.45) is 5.41 Å². The molecule has 82 valence electrons. The minimum atomic E-state index is 0.0389. The molecule has 2 heteroatoms. The van der Waals surface area contributed by atoms with Crippen LogP contribution in [0.25, 0.3) is 0 Å². The number of hydrogen-bond acceptors (Lipinski definition) is 1. The van der Waals surface area contributed by atoms with Crippen LogP contribution in [-0.2, 0) is 0 Å². The largest absolute Gasteiger partial charge is 0.335 e. The highest BCUT2D eigenvalue weighted by molar-refractivity contribution is 5.86. The van der Waals surface area contributed by atoms with Gasteiger partial charge in [-0.3, -0.25) is 5.41 Å². The van der Waals surface area contributed by atoms with Crippen molar-refractivity contribution in [1.29, 1.82) is 5.41 Å². The number of rotatable bonds is 1. The lowest BCUT2D eigenvalue weighted by Crippen LogP contribution is -2.44. The molecule has 0 aromatic carbocycles. The lowest BCUT2D eigenvalue weighted by molar-refractivity contribution is 0.312. The molecule has 1 aliphatic rings. The normalized spacial score (nSPS) is 19.8. The maximum absolute atomic E-state index is 7.94. The van der Waals surface area contributed by atoms with E-state index in [0.717, 1.165) is 24.5 Å². The predicted octanol–water partition coefficient (Wildman–Crippen LogP) is 3.65. The van der Waals surface area contributed by atoms with Crippen LogP contribution in [0.5, 0.6) is 0 Å². The number of nitrogens with one attached hydrogen (secondary N) is 1. The average molecular weight is 196 g/mol. The van der Waals surface area contributed by atoms with Crippen molar-refractivity contribution in [1.82, 2.24) is 4.90 Å². The highest BCUT2D eigenvalue weighted by Crippen LogP contribution is 2.31. The van der Waals surface area contributed by atoms with Crippen LogP contribution < -0.4 is 0 Å². The molecule has 0 saturated carbocycles. The molecule has 0 bridgehead atoms. The Bertz CT molecular complexity index is 216. The van der Waals surface area contributed by atoms with Crippen molar-refractivity contribution in [3.8, 4) is 0 Å². The van der Waals surface area contributed by atoms with Crippen molar-refractivity contribution in [2.75, 3.05) is 6.54 Å². The summed E-state index contributed by atoms with van der Waals surface area (Å²) in [6.45, 7) is 15.1. The van der Waals surface area contributed by atoms with Crippen molar-refractivity contribution in [3.05, 3.63) is 12.3 Å². The predicted molar refractivity (Wildman–Crippen MR) is 63.6 cm³/mol. The van der Waals surface area contributed by atoms with E-state index >= 15 is 0 Å². The second kappa shape index (κ2) is 5.18. The minimum absolute atomic E-state index is 0.0389. The van der Waals surface area contributed by atoms with Crippen molar-refractivity contribution < 1.29 is 0 Å². The molecule has 2 nitrogen and oxygen atoms in total. The molecule has 1 fully saturated rings. The first-order valence-electron chi connectivity index (χ1n) is 5.47. The Morgan fingerprint density at radius 2 is 1.93 bits per heavy atom.